The Morgan fingerprint density at radius 2 is 1.68 bits per heavy atom. The van der Waals surface area contributed by atoms with Crippen molar-refractivity contribution < 1.29 is 14.2 Å². The van der Waals surface area contributed by atoms with E-state index >= 15 is 0 Å². The highest BCUT2D eigenvalue weighted by atomic mass is 16.5. The second-order valence-corrected chi connectivity index (χ2v) is 7.74. The monoisotopic (exact) mass is 416 g/mol. The molecule has 0 unspecified atom stereocenters. The van der Waals surface area contributed by atoms with E-state index in [4.69, 9.17) is 14.2 Å². The first-order valence-electron chi connectivity index (χ1n) is 10.4. The van der Waals surface area contributed by atoms with Gasteiger partial charge in [-0.2, -0.15) is 0 Å². The van der Waals surface area contributed by atoms with Crippen molar-refractivity contribution in [1.82, 2.24) is 9.55 Å². The standard InChI is InChI=1S/C26H28N2O3/c1-17-9-11-20(12-10-17)15-28-19(3)18(2)22-13-14-27-26(24(22)28)31-16-21-7-6-8-23(29-4)25(21)30-5/h6-14H,15-16H2,1-5H3. The normalized spacial score (nSPS) is 11.0. The number of benzene rings is 2. The summed E-state index contributed by atoms with van der Waals surface area (Å²) in [5.41, 5.74) is 6.88. The summed E-state index contributed by atoms with van der Waals surface area (Å²) in [5.74, 6) is 1.98. The SMILES string of the molecule is COc1cccc(COc2nccc3c(C)c(C)n(Cc4ccc(C)cc4)c23)c1OC. The maximum Gasteiger partial charge on any atom is 0.238 e. The maximum atomic E-state index is 6.25. The second kappa shape index (κ2) is 8.72. The minimum absolute atomic E-state index is 0.334. The van der Waals surface area contributed by atoms with E-state index in [9.17, 15) is 0 Å². The first-order valence-corrected chi connectivity index (χ1v) is 10.4. The molecule has 2 aromatic heterocycles. The highest BCUT2D eigenvalue weighted by molar-refractivity contribution is 5.89. The van der Waals surface area contributed by atoms with Crippen LogP contribution in [0.25, 0.3) is 10.9 Å². The molecular weight excluding hydrogens is 388 g/mol. The molecular formula is C26H28N2O3. The van der Waals surface area contributed by atoms with Gasteiger partial charge in [0.25, 0.3) is 0 Å². The molecule has 160 valence electrons. The number of nitrogens with zero attached hydrogens (tertiary/aromatic N) is 2. The molecule has 0 saturated carbocycles. The summed E-state index contributed by atoms with van der Waals surface area (Å²) in [6.45, 7) is 7.50. The average Bonchev–Trinajstić information content (AvgIpc) is 3.04. The van der Waals surface area contributed by atoms with E-state index in [1.807, 2.05) is 24.4 Å². The molecule has 2 aromatic carbocycles. The van der Waals surface area contributed by atoms with E-state index in [1.165, 1.54) is 22.4 Å². The summed E-state index contributed by atoms with van der Waals surface area (Å²) in [7, 11) is 3.27. The number of hydrogen-bond donors (Lipinski definition) is 0. The van der Waals surface area contributed by atoms with Gasteiger partial charge < -0.3 is 18.8 Å². The topological polar surface area (TPSA) is 45.5 Å². The number of para-hydroxylation sites is 1. The molecule has 0 aliphatic rings. The van der Waals surface area contributed by atoms with Crippen LogP contribution in [0.15, 0.2) is 54.7 Å². The lowest BCUT2D eigenvalue weighted by atomic mass is 10.1. The van der Waals surface area contributed by atoms with Gasteiger partial charge in [-0.15, -0.1) is 0 Å². The van der Waals surface area contributed by atoms with E-state index in [0.29, 0.717) is 24.0 Å². The van der Waals surface area contributed by atoms with E-state index in [0.717, 1.165) is 23.0 Å². The Morgan fingerprint density at radius 3 is 2.39 bits per heavy atom. The van der Waals surface area contributed by atoms with E-state index in [2.05, 4.69) is 60.7 Å². The summed E-state index contributed by atoms with van der Waals surface area (Å²) >= 11 is 0. The Hall–Kier alpha value is -3.47. The van der Waals surface area contributed by atoms with Crippen molar-refractivity contribution >= 4 is 10.9 Å². The number of ether oxygens (including phenoxy) is 3. The highest BCUT2D eigenvalue weighted by Crippen LogP contribution is 2.34. The fraction of sp³-hybridized carbons (Fsp3) is 0.269. The molecule has 0 fully saturated rings. The molecule has 0 spiro atoms. The van der Waals surface area contributed by atoms with Crippen molar-refractivity contribution in [3.8, 4) is 17.4 Å². The van der Waals surface area contributed by atoms with Crippen molar-refractivity contribution in [1.29, 1.82) is 0 Å². The van der Waals surface area contributed by atoms with Crippen LogP contribution in [0.5, 0.6) is 17.4 Å². The molecule has 0 atom stereocenters. The molecule has 31 heavy (non-hydrogen) atoms. The van der Waals surface area contributed by atoms with Crippen LogP contribution in [0.4, 0.5) is 0 Å². The molecule has 5 nitrogen and oxygen atoms in total. The quantitative estimate of drug-likeness (QED) is 0.393. The van der Waals surface area contributed by atoms with Crippen molar-refractivity contribution in [2.24, 2.45) is 0 Å². The third-order valence-electron chi connectivity index (χ3n) is 5.82. The molecule has 0 saturated heterocycles. The Kier molecular flexibility index (Phi) is 5.85. The maximum absolute atomic E-state index is 6.25. The summed E-state index contributed by atoms with van der Waals surface area (Å²) in [4.78, 5) is 4.58. The van der Waals surface area contributed by atoms with Crippen LogP contribution in [-0.4, -0.2) is 23.8 Å². The summed E-state index contributed by atoms with van der Waals surface area (Å²) in [6, 6.07) is 16.5. The van der Waals surface area contributed by atoms with E-state index in [1.54, 1.807) is 14.2 Å². The van der Waals surface area contributed by atoms with Gasteiger partial charge >= 0.3 is 0 Å². The predicted molar refractivity (Wildman–Crippen MR) is 123 cm³/mol. The molecule has 0 amide bonds. The third-order valence-corrected chi connectivity index (χ3v) is 5.82. The van der Waals surface area contributed by atoms with Gasteiger partial charge in [0.05, 0.1) is 14.2 Å². The number of pyridine rings is 1. The molecule has 4 rings (SSSR count). The first-order chi connectivity index (χ1) is 15.0. The molecule has 0 N–H and O–H groups in total. The molecule has 0 aliphatic heterocycles. The van der Waals surface area contributed by atoms with Gasteiger partial charge in [-0.1, -0.05) is 42.0 Å². The fourth-order valence-corrected chi connectivity index (χ4v) is 3.96. The van der Waals surface area contributed by atoms with Crippen LogP contribution in [0.3, 0.4) is 0 Å². The average molecular weight is 417 g/mol. The lowest BCUT2D eigenvalue weighted by Gasteiger charge is -2.15. The van der Waals surface area contributed by atoms with Gasteiger partial charge in [0.15, 0.2) is 11.5 Å². The molecule has 0 aliphatic carbocycles. The van der Waals surface area contributed by atoms with Crippen LogP contribution in [-0.2, 0) is 13.2 Å². The minimum Gasteiger partial charge on any atom is -0.493 e. The van der Waals surface area contributed by atoms with Crippen molar-refractivity contribution in [2.45, 2.75) is 33.9 Å². The van der Waals surface area contributed by atoms with Gasteiger partial charge in [0.2, 0.25) is 5.88 Å². The second-order valence-electron chi connectivity index (χ2n) is 7.74. The third kappa shape index (κ3) is 3.96. The first kappa shape index (κ1) is 20.8. The molecule has 0 radical (unpaired) electrons. The Balaban J connectivity index is 1.72. The Bertz CT molecular complexity index is 1210. The van der Waals surface area contributed by atoms with Crippen LogP contribution in [0, 0.1) is 20.8 Å². The Morgan fingerprint density at radius 1 is 0.903 bits per heavy atom. The van der Waals surface area contributed by atoms with Gasteiger partial charge in [0, 0.05) is 29.4 Å². The summed E-state index contributed by atoms with van der Waals surface area (Å²) in [5, 5.41) is 1.16. The van der Waals surface area contributed by atoms with Crippen molar-refractivity contribution in [2.75, 3.05) is 14.2 Å². The largest absolute Gasteiger partial charge is 0.493 e. The fourth-order valence-electron chi connectivity index (χ4n) is 3.96. The zero-order valence-electron chi connectivity index (χ0n) is 18.7. The van der Waals surface area contributed by atoms with Gasteiger partial charge in [-0.05, 0) is 44.0 Å². The van der Waals surface area contributed by atoms with E-state index in [-0.39, 0.29) is 0 Å². The number of fused-ring (bicyclic) bond motifs is 1. The lowest BCUT2D eigenvalue weighted by molar-refractivity contribution is 0.283. The van der Waals surface area contributed by atoms with Crippen molar-refractivity contribution in [3.63, 3.8) is 0 Å². The summed E-state index contributed by atoms with van der Waals surface area (Å²) in [6.07, 6.45) is 1.81. The van der Waals surface area contributed by atoms with Crippen LogP contribution in [0.1, 0.15) is 27.9 Å². The van der Waals surface area contributed by atoms with Gasteiger partial charge in [-0.25, -0.2) is 4.98 Å². The minimum atomic E-state index is 0.334. The van der Waals surface area contributed by atoms with Crippen LogP contribution >= 0.6 is 0 Å². The molecule has 0 bridgehead atoms. The molecule has 2 heterocycles. The van der Waals surface area contributed by atoms with Crippen molar-refractivity contribution in [3.05, 3.63) is 82.7 Å². The van der Waals surface area contributed by atoms with Gasteiger partial charge in [-0.3, -0.25) is 0 Å². The number of hydrogen-bond acceptors (Lipinski definition) is 4. The number of methoxy groups -OCH3 is 2. The predicted octanol–water partition coefficient (Wildman–Crippen LogP) is 5.61. The molecule has 5 heteroatoms. The number of aryl methyl sites for hydroxylation is 2. The number of rotatable bonds is 7. The van der Waals surface area contributed by atoms with E-state index < -0.39 is 0 Å². The van der Waals surface area contributed by atoms with Crippen LogP contribution in [0.2, 0.25) is 0 Å². The van der Waals surface area contributed by atoms with Crippen LogP contribution < -0.4 is 14.2 Å². The Labute approximate surface area is 183 Å². The molecule has 4 aromatic rings. The summed E-state index contributed by atoms with van der Waals surface area (Å²) < 4.78 is 19.5. The lowest BCUT2D eigenvalue weighted by Crippen LogP contribution is -2.06. The zero-order chi connectivity index (χ0) is 22.0. The zero-order valence-corrected chi connectivity index (χ0v) is 18.7. The van der Waals surface area contributed by atoms with Gasteiger partial charge in [0.1, 0.15) is 12.1 Å². The smallest absolute Gasteiger partial charge is 0.238 e. The number of aromatic nitrogens is 2. The highest BCUT2D eigenvalue weighted by Gasteiger charge is 2.18.